The molecule has 5 atom stereocenters. The summed E-state index contributed by atoms with van der Waals surface area (Å²) in [5.74, 6) is 0.546. The van der Waals surface area contributed by atoms with Crippen LogP contribution in [0.2, 0.25) is 0 Å². The molecule has 1 saturated heterocycles. The predicted octanol–water partition coefficient (Wildman–Crippen LogP) is 1.21. The van der Waals surface area contributed by atoms with Crippen molar-refractivity contribution in [1.29, 1.82) is 0 Å². The van der Waals surface area contributed by atoms with Gasteiger partial charge < -0.3 is 30.1 Å². The monoisotopic (exact) mass is 479 g/mol. The molecule has 2 fully saturated rings. The summed E-state index contributed by atoms with van der Waals surface area (Å²) in [6, 6.07) is 1.88. The Morgan fingerprint density at radius 2 is 1.91 bits per heavy atom. The number of halogens is 3. The van der Waals surface area contributed by atoms with Crippen molar-refractivity contribution in [3.8, 4) is 0 Å². The maximum absolute atomic E-state index is 12.8. The van der Waals surface area contributed by atoms with Gasteiger partial charge in [0.25, 0.3) is 0 Å². The summed E-state index contributed by atoms with van der Waals surface area (Å²) in [4.78, 5) is 18.9. The van der Waals surface area contributed by atoms with Crippen LogP contribution in [-0.2, 0) is 6.18 Å². The fourth-order valence-electron chi connectivity index (χ4n) is 4.78. The Morgan fingerprint density at radius 1 is 1.09 bits per heavy atom. The first kappa shape index (κ1) is 22.7. The van der Waals surface area contributed by atoms with Crippen molar-refractivity contribution in [3.63, 3.8) is 0 Å². The van der Waals surface area contributed by atoms with E-state index in [0.717, 1.165) is 18.7 Å². The van der Waals surface area contributed by atoms with E-state index in [2.05, 4.69) is 25.3 Å². The van der Waals surface area contributed by atoms with Gasteiger partial charge in [-0.25, -0.2) is 19.9 Å². The third-order valence-electron chi connectivity index (χ3n) is 6.65. The third kappa shape index (κ3) is 4.03. The fraction of sp³-hybridized carbons (Fsp3) is 0.524. The number of fused-ring (bicyclic) bond motifs is 1. The number of aliphatic hydroxyl groups is 3. The van der Waals surface area contributed by atoms with Gasteiger partial charge in [-0.3, -0.25) is 0 Å². The van der Waals surface area contributed by atoms with E-state index in [1.165, 1.54) is 18.7 Å². The summed E-state index contributed by atoms with van der Waals surface area (Å²) in [5.41, 5.74) is 0.212. The average molecular weight is 479 g/mol. The molecule has 0 amide bonds. The standard InChI is InChI=1S/C21H24F3N7O3/c22-21(23,24)12-1-2-15(25-6-12)30-4-3-13(7-30)29-19-16-20(27-9-26-19)31(10-28-16)14-5-11(8-32)17(33)18(14)34/h1-2,6,9-11,13-14,17-18,32-34H,3-5,7-8H2,(H,26,27,29)/t11-,13-,14-,17-,18+/m1/s1. The Morgan fingerprint density at radius 3 is 2.59 bits per heavy atom. The zero-order chi connectivity index (χ0) is 24.0. The van der Waals surface area contributed by atoms with Crippen LogP contribution in [0.25, 0.3) is 11.2 Å². The number of alkyl halides is 3. The predicted molar refractivity (Wildman–Crippen MR) is 115 cm³/mol. The molecule has 5 rings (SSSR count). The van der Waals surface area contributed by atoms with E-state index in [1.54, 1.807) is 4.57 Å². The van der Waals surface area contributed by atoms with Gasteiger partial charge in [-0.15, -0.1) is 0 Å². The number of nitrogens with zero attached hydrogens (tertiary/aromatic N) is 6. The third-order valence-corrected chi connectivity index (χ3v) is 6.65. The summed E-state index contributed by atoms with van der Waals surface area (Å²) < 4.78 is 40.1. The smallest absolute Gasteiger partial charge is 0.396 e. The van der Waals surface area contributed by atoms with E-state index < -0.39 is 35.9 Å². The SMILES string of the molecule is OC[C@H]1C[C@@H](n2cnc3c(N[C@@H]4CCN(c5ccc(C(F)(F)F)cn5)C4)ncnc32)[C@H](O)[C@@H]1O. The largest absolute Gasteiger partial charge is 0.417 e. The van der Waals surface area contributed by atoms with Crippen LogP contribution in [0.5, 0.6) is 0 Å². The average Bonchev–Trinajstić information content (AvgIpc) is 3.52. The highest BCUT2D eigenvalue weighted by molar-refractivity contribution is 5.83. The molecule has 1 aliphatic heterocycles. The lowest BCUT2D eigenvalue weighted by Crippen LogP contribution is -2.30. The van der Waals surface area contributed by atoms with Crippen LogP contribution in [0.15, 0.2) is 31.0 Å². The van der Waals surface area contributed by atoms with Crippen molar-refractivity contribution in [3.05, 3.63) is 36.5 Å². The first-order chi connectivity index (χ1) is 16.3. The second-order valence-electron chi connectivity index (χ2n) is 8.75. The van der Waals surface area contributed by atoms with Crippen molar-refractivity contribution in [2.45, 2.75) is 43.3 Å². The number of anilines is 2. The van der Waals surface area contributed by atoms with Crippen LogP contribution in [-0.4, -0.2) is 77.8 Å². The molecular weight excluding hydrogens is 455 g/mol. The van der Waals surface area contributed by atoms with Crippen molar-refractivity contribution in [1.82, 2.24) is 24.5 Å². The molecule has 0 spiro atoms. The first-order valence-electron chi connectivity index (χ1n) is 11.0. The molecule has 0 bridgehead atoms. The highest BCUT2D eigenvalue weighted by Gasteiger charge is 2.42. The van der Waals surface area contributed by atoms with Gasteiger partial charge in [0.05, 0.1) is 24.0 Å². The van der Waals surface area contributed by atoms with Gasteiger partial charge >= 0.3 is 6.18 Å². The highest BCUT2D eigenvalue weighted by atomic mass is 19.4. The maximum Gasteiger partial charge on any atom is 0.417 e. The summed E-state index contributed by atoms with van der Waals surface area (Å²) in [6.07, 6.45) is -1.64. The zero-order valence-corrected chi connectivity index (χ0v) is 18.0. The van der Waals surface area contributed by atoms with Gasteiger partial charge in [0.1, 0.15) is 23.8 Å². The molecule has 0 radical (unpaired) electrons. The molecular formula is C21H24F3N7O3. The number of hydrogen-bond acceptors (Lipinski definition) is 9. The summed E-state index contributed by atoms with van der Waals surface area (Å²) in [5, 5.41) is 33.4. The minimum atomic E-state index is -4.42. The van der Waals surface area contributed by atoms with E-state index in [1.807, 2.05) is 4.90 Å². The van der Waals surface area contributed by atoms with Crippen LogP contribution >= 0.6 is 0 Å². The molecule has 3 aromatic heterocycles. The summed E-state index contributed by atoms with van der Waals surface area (Å²) in [6.45, 7) is 0.915. The zero-order valence-electron chi connectivity index (χ0n) is 18.0. The van der Waals surface area contributed by atoms with E-state index in [-0.39, 0.29) is 12.6 Å². The molecule has 4 N–H and O–H groups in total. The molecule has 0 aromatic carbocycles. The molecule has 1 aliphatic carbocycles. The van der Waals surface area contributed by atoms with Crippen LogP contribution < -0.4 is 10.2 Å². The van der Waals surface area contributed by atoms with Crippen LogP contribution in [0, 0.1) is 5.92 Å². The topological polar surface area (TPSA) is 132 Å². The minimum Gasteiger partial charge on any atom is -0.396 e. The number of imidazole rings is 1. The Balaban J connectivity index is 1.31. The lowest BCUT2D eigenvalue weighted by molar-refractivity contribution is -0.137. The summed E-state index contributed by atoms with van der Waals surface area (Å²) in [7, 11) is 0. The Hall–Kier alpha value is -3.03. The van der Waals surface area contributed by atoms with Gasteiger partial charge in [-0.2, -0.15) is 13.2 Å². The second-order valence-corrected chi connectivity index (χ2v) is 8.75. The van der Waals surface area contributed by atoms with Crippen LogP contribution in [0.4, 0.5) is 24.8 Å². The van der Waals surface area contributed by atoms with E-state index in [9.17, 15) is 28.5 Å². The first-order valence-corrected chi connectivity index (χ1v) is 11.0. The number of hydrogen-bond donors (Lipinski definition) is 4. The minimum absolute atomic E-state index is 0.0370. The maximum atomic E-state index is 12.8. The molecule has 182 valence electrons. The van der Waals surface area contributed by atoms with E-state index in [4.69, 9.17) is 0 Å². The number of aliphatic hydroxyl groups excluding tert-OH is 3. The molecule has 4 heterocycles. The number of pyridine rings is 1. The molecule has 2 aliphatic rings. The fourth-order valence-corrected chi connectivity index (χ4v) is 4.78. The molecule has 10 nitrogen and oxygen atoms in total. The number of nitrogens with one attached hydrogen (secondary N) is 1. The number of aromatic nitrogens is 5. The highest BCUT2D eigenvalue weighted by Crippen LogP contribution is 2.37. The van der Waals surface area contributed by atoms with Gasteiger partial charge in [0, 0.05) is 37.9 Å². The molecule has 1 saturated carbocycles. The normalized spacial score (nSPS) is 27.6. The molecule has 0 unspecified atom stereocenters. The lowest BCUT2D eigenvalue weighted by atomic mass is 10.1. The van der Waals surface area contributed by atoms with Crippen molar-refractivity contribution in [2.75, 3.05) is 29.9 Å². The molecule has 34 heavy (non-hydrogen) atoms. The van der Waals surface area contributed by atoms with Crippen LogP contribution in [0.1, 0.15) is 24.4 Å². The number of rotatable bonds is 5. The lowest BCUT2D eigenvalue weighted by Gasteiger charge is -2.19. The van der Waals surface area contributed by atoms with E-state index >= 15 is 0 Å². The van der Waals surface area contributed by atoms with E-state index in [0.29, 0.717) is 42.3 Å². The van der Waals surface area contributed by atoms with Gasteiger partial charge in [-0.05, 0) is 25.0 Å². The van der Waals surface area contributed by atoms with Gasteiger partial charge in [0.2, 0.25) is 0 Å². The van der Waals surface area contributed by atoms with Gasteiger partial charge in [-0.1, -0.05) is 0 Å². The quantitative estimate of drug-likeness (QED) is 0.426. The second kappa shape index (κ2) is 8.64. The Kier molecular flexibility index (Phi) is 5.78. The molecule has 13 heteroatoms. The van der Waals surface area contributed by atoms with Crippen molar-refractivity contribution < 1.29 is 28.5 Å². The summed E-state index contributed by atoms with van der Waals surface area (Å²) >= 11 is 0. The van der Waals surface area contributed by atoms with Crippen molar-refractivity contribution in [2.24, 2.45) is 5.92 Å². The van der Waals surface area contributed by atoms with Crippen LogP contribution in [0.3, 0.4) is 0 Å². The van der Waals surface area contributed by atoms with Gasteiger partial charge in [0.15, 0.2) is 11.5 Å². The Labute approximate surface area is 192 Å². The van der Waals surface area contributed by atoms with Crippen molar-refractivity contribution >= 4 is 22.8 Å². The Bertz CT molecular complexity index is 1160. The molecule has 3 aromatic rings.